The number of hydrogen-bond acceptors (Lipinski definition) is 16. The molecule has 0 spiro atoms. The zero-order valence-corrected chi connectivity index (χ0v) is 52.3. The molecule has 1 unspecified atom stereocenters. The molecule has 1 aliphatic carbocycles. The Hall–Kier alpha value is -6.54. The van der Waals surface area contributed by atoms with Gasteiger partial charge in [-0.1, -0.05) is 63.6 Å². The Labute approximate surface area is 505 Å². The van der Waals surface area contributed by atoms with Gasteiger partial charge in [-0.15, -0.1) is 5.06 Å². The molecule has 5 N–H and O–H groups in total. The van der Waals surface area contributed by atoms with Crippen LogP contribution in [0.25, 0.3) is 16.3 Å². The number of hydrogen-bond donors (Lipinski definition) is 5. The van der Waals surface area contributed by atoms with E-state index in [4.69, 9.17) is 4.84 Å². The Morgan fingerprint density at radius 3 is 1.93 bits per heavy atom. The topological polar surface area (TPSA) is 345 Å². The molecule has 0 radical (unpaired) electrons. The van der Waals surface area contributed by atoms with E-state index in [1.54, 1.807) is 54.0 Å². The summed E-state index contributed by atoms with van der Waals surface area (Å²) >= 11 is 0. The van der Waals surface area contributed by atoms with Crippen LogP contribution in [0.5, 0.6) is 0 Å². The van der Waals surface area contributed by atoms with Gasteiger partial charge in [0, 0.05) is 90.0 Å². The number of imide groups is 1. The lowest BCUT2D eigenvalue weighted by molar-refractivity contribution is -0.438. The first kappa shape index (κ1) is 66.4. The lowest BCUT2D eigenvalue weighted by atomic mass is 9.76. The summed E-state index contributed by atoms with van der Waals surface area (Å²) in [6, 6.07) is 15.9. The number of allylic oxidation sites excluding steroid dienone is 8. The fraction of sp³-hybridized carbons (Fsp3) is 0.414. The summed E-state index contributed by atoms with van der Waals surface area (Å²) in [6.07, 6.45) is 7.34. The second-order valence-electron chi connectivity index (χ2n) is 22.9. The highest BCUT2D eigenvalue weighted by molar-refractivity contribution is 7.87. The van der Waals surface area contributed by atoms with Crippen LogP contribution in [0.1, 0.15) is 109 Å². The maximum atomic E-state index is 16.7. The van der Waals surface area contributed by atoms with Crippen LogP contribution >= 0.6 is 0 Å². The van der Waals surface area contributed by atoms with Gasteiger partial charge in [0.15, 0.2) is 5.71 Å². The van der Waals surface area contributed by atoms with E-state index in [1.165, 1.54) is 30.3 Å². The van der Waals surface area contributed by atoms with Gasteiger partial charge in [-0.05, 0) is 116 Å². The van der Waals surface area contributed by atoms with Crippen LogP contribution in [0.2, 0.25) is 0 Å². The summed E-state index contributed by atoms with van der Waals surface area (Å²) in [5.41, 5.74) is 2.81. The van der Waals surface area contributed by atoms with Crippen molar-refractivity contribution in [2.45, 2.75) is 113 Å². The maximum Gasteiger partial charge on any atom is 0.336 e. The van der Waals surface area contributed by atoms with Crippen molar-refractivity contribution in [2.24, 2.45) is 5.92 Å². The number of amides is 2. The van der Waals surface area contributed by atoms with E-state index in [-0.39, 0.29) is 86.5 Å². The molecule has 0 saturated carbocycles. The minimum atomic E-state index is -5.15. The molecule has 29 heteroatoms. The van der Waals surface area contributed by atoms with Gasteiger partial charge in [-0.25, -0.2) is 9.18 Å². The smallest absolute Gasteiger partial charge is 0.336 e. The molecule has 8 rings (SSSR count). The van der Waals surface area contributed by atoms with Crippen LogP contribution < -0.4 is 9.80 Å². The molecule has 0 aromatic heterocycles. The average molecular weight is 1300 g/mol. The first-order valence-electron chi connectivity index (χ1n) is 27.8. The molecule has 4 aliphatic rings. The number of halogens is 1. The summed E-state index contributed by atoms with van der Waals surface area (Å²) in [5, 5.41) is 0.249. The van der Waals surface area contributed by atoms with E-state index < -0.39 is 118 Å². The van der Waals surface area contributed by atoms with Gasteiger partial charge in [0.25, 0.3) is 62.4 Å². The Morgan fingerprint density at radius 2 is 1.34 bits per heavy atom. The average Bonchev–Trinajstić information content (AvgIpc) is 1.63. The first-order chi connectivity index (χ1) is 40.4. The highest BCUT2D eigenvalue weighted by Gasteiger charge is 2.46. The summed E-state index contributed by atoms with van der Waals surface area (Å²) in [4.78, 5) is 47.5. The quantitative estimate of drug-likeness (QED) is 0.0252. The third-order valence-corrected chi connectivity index (χ3v) is 20.2. The van der Waals surface area contributed by atoms with Crippen molar-refractivity contribution in [3.05, 3.63) is 130 Å². The minimum Gasteiger partial charge on any atom is -0.371 e. The van der Waals surface area contributed by atoms with Crippen molar-refractivity contribution in [3.8, 4) is 0 Å². The Bertz CT molecular complexity index is 4200. The summed E-state index contributed by atoms with van der Waals surface area (Å²) < 4.78 is 191. The normalized spacial score (nSPS) is 19.1. The predicted octanol–water partition coefficient (Wildman–Crippen LogP) is 7.92. The van der Waals surface area contributed by atoms with Gasteiger partial charge in [-0.2, -0.15) is 46.7 Å². The van der Waals surface area contributed by atoms with E-state index in [0.29, 0.717) is 57.9 Å². The number of hydroxylamine groups is 2. The molecule has 3 heterocycles. The van der Waals surface area contributed by atoms with Gasteiger partial charge < -0.3 is 14.6 Å². The van der Waals surface area contributed by atoms with Crippen LogP contribution in [0.4, 0.5) is 21.5 Å². The monoisotopic (exact) mass is 1300 g/mol. The van der Waals surface area contributed by atoms with Gasteiger partial charge >= 0.3 is 5.97 Å². The largest absolute Gasteiger partial charge is 0.371 e. The van der Waals surface area contributed by atoms with Gasteiger partial charge in [-0.3, -0.25) is 32.4 Å². The van der Waals surface area contributed by atoms with Crippen LogP contribution in [0, 0.1) is 11.7 Å². The molecule has 3 aliphatic heterocycles. The molecule has 1 saturated heterocycles. The van der Waals surface area contributed by atoms with Crippen molar-refractivity contribution in [1.29, 1.82) is 0 Å². The summed E-state index contributed by atoms with van der Waals surface area (Å²) in [7, 11) is -23.5. The lowest BCUT2D eigenvalue weighted by Crippen LogP contribution is -2.35. The molecule has 23 nitrogen and oxygen atoms in total. The Balaban J connectivity index is 1.33. The molecular weight excluding hydrogens is 1240 g/mol. The highest BCUT2D eigenvalue weighted by Crippen LogP contribution is 2.53. The third kappa shape index (κ3) is 15.0. The molecule has 0 bridgehead atoms. The zero-order valence-electron chi connectivity index (χ0n) is 48.2. The van der Waals surface area contributed by atoms with Crippen molar-refractivity contribution in [2.75, 3.05) is 53.2 Å². The van der Waals surface area contributed by atoms with Crippen molar-refractivity contribution in [3.63, 3.8) is 0 Å². The van der Waals surface area contributed by atoms with Crippen molar-refractivity contribution >= 4 is 107 Å². The predicted molar refractivity (Wildman–Crippen MR) is 322 cm³/mol. The van der Waals surface area contributed by atoms with Gasteiger partial charge in [0.1, 0.15) is 17.3 Å². The van der Waals surface area contributed by atoms with Gasteiger partial charge in [0.05, 0.1) is 33.5 Å². The second-order valence-corrected chi connectivity index (χ2v) is 30.4. The summed E-state index contributed by atoms with van der Waals surface area (Å²) in [6.45, 7) is 9.88. The molecule has 2 amide bonds. The van der Waals surface area contributed by atoms with E-state index in [1.807, 2.05) is 39.0 Å². The van der Waals surface area contributed by atoms with Crippen LogP contribution in [0.15, 0.2) is 118 Å². The lowest BCUT2D eigenvalue weighted by Gasteiger charge is -2.30. The molecule has 1 atom stereocenters. The van der Waals surface area contributed by atoms with Crippen molar-refractivity contribution in [1.82, 2.24) is 5.06 Å². The zero-order chi connectivity index (χ0) is 64.0. The maximum absolute atomic E-state index is 16.7. The first-order valence-corrected chi connectivity index (χ1v) is 35.5. The minimum absolute atomic E-state index is 0.0150. The standard InChI is InChI=1S/C58H67FN4O19S5/c1-6-7-27-61-47-19-17-40(60(25-10-29-83(67,68)69)26-11-30-84(70,71)72)34-45(47)57(2,3)50(61)21-15-37-32-39(56(66)82-63-52(64)23-24-53(63)65)33-38(54(37)43-13-8-9-14-46(43)59)16-22-51-58(4,5)55-44-35-41(86(76,77)78)36-49(87(79,80)81)42(44)18-20-48(55)62(51)28-12-31-85(73,74)75/h8-9,13-22,34-36,39H,6-7,10-12,23-33H2,1-5H3,(H4-,67,68,69,70,71,72,73,74,75,76,77,78,79,80,81)/p+1. The van der Waals surface area contributed by atoms with E-state index in [0.717, 1.165) is 29.4 Å². The van der Waals surface area contributed by atoms with E-state index in [9.17, 15) is 79.2 Å². The SMILES string of the molecule is CCCC[N+]1=C(/C=C/C2=C(c3ccccc3F)C(=C/C=C3/N(CCCS(=O)(=O)O)c4ccc5c(S(=O)(=O)O)cc(S(=O)(=O)O)cc5c4C3(C)C)/CC(C(=O)ON3C(=O)CCC3=O)C2)C(C)(C)c2cc(N(CCCS(=O)(=O)O)CCCS(=O)(=O)O)ccc21. The Morgan fingerprint density at radius 1 is 0.724 bits per heavy atom. The van der Waals surface area contributed by atoms with Crippen LogP contribution in [-0.4, -0.2) is 141 Å². The van der Waals surface area contributed by atoms with Crippen LogP contribution in [-0.2, 0) is 80.6 Å². The number of nitrogens with zero attached hydrogens (tertiary/aromatic N) is 4. The number of carbonyl (C=O) groups excluding carboxylic acids is 3. The van der Waals surface area contributed by atoms with Crippen molar-refractivity contribution < 1.29 is 93.0 Å². The second kappa shape index (κ2) is 25.2. The molecule has 4 aromatic rings. The number of benzene rings is 4. The fourth-order valence-electron chi connectivity index (χ4n) is 12.0. The number of carbonyl (C=O) groups is 3. The van der Waals surface area contributed by atoms with E-state index in [2.05, 4.69) is 4.58 Å². The molecule has 470 valence electrons. The number of rotatable bonds is 24. The molecule has 4 aromatic carbocycles. The molecule has 87 heavy (non-hydrogen) atoms. The third-order valence-electron chi connectivity index (χ3n) is 16.0. The number of unbranched alkanes of at least 4 members (excludes halogenated alkanes) is 1. The van der Waals surface area contributed by atoms with E-state index >= 15 is 4.39 Å². The van der Waals surface area contributed by atoms with Crippen LogP contribution in [0.3, 0.4) is 0 Å². The molecule has 1 fully saturated rings. The Kier molecular flexibility index (Phi) is 19.2. The number of anilines is 2. The molecular formula is C58H68FN4O19S5+. The highest BCUT2D eigenvalue weighted by atomic mass is 32.2. The summed E-state index contributed by atoms with van der Waals surface area (Å²) in [5.74, 6) is -6.11. The van der Waals surface area contributed by atoms with Gasteiger partial charge in [0.2, 0.25) is 5.69 Å². The fourth-order valence-corrected chi connectivity index (χ4v) is 14.8. The number of fused-ring (bicyclic) bond motifs is 4.